The van der Waals surface area contributed by atoms with Crippen LogP contribution in [-0.4, -0.2) is 50.1 Å². The van der Waals surface area contributed by atoms with E-state index >= 15 is 0 Å². The van der Waals surface area contributed by atoms with Gasteiger partial charge in [0, 0.05) is 38.4 Å². The number of anilines is 1. The van der Waals surface area contributed by atoms with Gasteiger partial charge in [0.25, 0.3) is 0 Å². The van der Waals surface area contributed by atoms with Crippen molar-refractivity contribution in [2.45, 2.75) is 13.8 Å². The van der Waals surface area contributed by atoms with Gasteiger partial charge in [-0.05, 0) is 31.0 Å². The number of hydrogen-bond acceptors (Lipinski definition) is 3. The summed E-state index contributed by atoms with van der Waals surface area (Å²) in [4.78, 5) is 8.92. The minimum absolute atomic E-state index is 0. The first-order valence-electron chi connectivity index (χ1n) is 7.17. The van der Waals surface area contributed by atoms with E-state index < -0.39 is 0 Å². The fourth-order valence-corrected chi connectivity index (χ4v) is 2.61. The fourth-order valence-electron chi connectivity index (χ4n) is 2.61. The van der Waals surface area contributed by atoms with Crippen molar-refractivity contribution in [3.05, 3.63) is 29.3 Å². The average Bonchev–Trinajstić information content (AvgIpc) is 2.42. The minimum Gasteiger partial charge on any atom is -0.370 e. The Balaban J connectivity index is 0.00000220. The van der Waals surface area contributed by atoms with E-state index in [9.17, 15) is 0 Å². The van der Waals surface area contributed by atoms with E-state index in [1.54, 1.807) is 0 Å². The van der Waals surface area contributed by atoms with E-state index in [-0.39, 0.29) is 29.9 Å². The molecule has 0 radical (unpaired) electrons. The van der Waals surface area contributed by atoms with Crippen LogP contribution >= 0.6 is 24.0 Å². The Kier molecular flexibility index (Phi) is 7.24. The average molecular weight is 403 g/mol. The summed E-state index contributed by atoms with van der Waals surface area (Å²) in [6.45, 7) is 10.2. The van der Waals surface area contributed by atoms with Gasteiger partial charge >= 0.3 is 0 Å². The van der Waals surface area contributed by atoms with E-state index in [2.05, 4.69) is 46.8 Å². The lowest BCUT2D eigenvalue weighted by atomic mass is 10.1. The largest absolute Gasteiger partial charge is 0.370 e. The quantitative estimate of drug-likeness (QED) is 0.452. The van der Waals surface area contributed by atoms with E-state index in [4.69, 9.17) is 11.5 Å². The highest BCUT2D eigenvalue weighted by atomic mass is 127. The molecule has 5 nitrogen and oxygen atoms in total. The molecular formula is C15H26IN5. The van der Waals surface area contributed by atoms with Crippen molar-refractivity contribution in [1.29, 1.82) is 0 Å². The third-order valence-corrected chi connectivity index (χ3v) is 4.00. The fraction of sp³-hybridized carbons (Fsp3) is 0.533. The van der Waals surface area contributed by atoms with Gasteiger partial charge in [-0.3, -0.25) is 9.89 Å². The molecule has 0 aliphatic carbocycles. The normalized spacial score (nSPS) is 15.4. The summed E-state index contributed by atoms with van der Waals surface area (Å²) in [5, 5.41) is 0. The molecule has 1 saturated heterocycles. The minimum atomic E-state index is 0. The van der Waals surface area contributed by atoms with E-state index in [0.717, 1.165) is 32.7 Å². The van der Waals surface area contributed by atoms with Crippen LogP contribution in [-0.2, 0) is 0 Å². The van der Waals surface area contributed by atoms with E-state index in [0.29, 0.717) is 6.54 Å². The zero-order valence-electron chi connectivity index (χ0n) is 12.9. The lowest BCUT2D eigenvalue weighted by Gasteiger charge is -2.36. The molecule has 0 spiro atoms. The maximum atomic E-state index is 5.34. The SMILES string of the molecule is Cc1cccc(N2CCN(CCN=C(N)N)CC2)c1C.I. The first-order valence-corrected chi connectivity index (χ1v) is 7.17. The molecule has 4 N–H and O–H groups in total. The van der Waals surface area contributed by atoms with Crippen LogP contribution in [0, 0.1) is 13.8 Å². The van der Waals surface area contributed by atoms with Crippen LogP contribution in [0.2, 0.25) is 0 Å². The van der Waals surface area contributed by atoms with Crippen molar-refractivity contribution >= 4 is 35.6 Å². The second kappa shape index (κ2) is 8.43. The molecule has 2 rings (SSSR count). The Hall–Kier alpha value is -1.02. The molecule has 0 atom stereocenters. The van der Waals surface area contributed by atoms with Gasteiger partial charge in [0.2, 0.25) is 0 Å². The van der Waals surface area contributed by atoms with Crippen LogP contribution in [0.1, 0.15) is 11.1 Å². The van der Waals surface area contributed by atoms with Gasteiger partial charge in [-0.2, -0.15) is 0 Å². The van der Waals surface area contributed by atoms with Crippen LogP contribution in [0.4, 0.5) is 5.69 Å². The molecule has 1 aliphatic rings. The summed E-state index contributed by atoms with van der Waals surface area (Å²) in [7, 11) is 0. The van der Waals surface area contributed by atoms with Crippen LogP contribution in [0.3, 0.4) is 0 Å². The molecule has 0 amide bonds. The number of guanidine groups is 1. The molecule has 1 fully saturated rings. The number of aliphatic imine (C=N–C) groups is 1. The number of benzene rings is 1. The van der Waals surface area contributed by atoms with E-state index in [1.807, 2.05) is 0 Å². The van der Waals surface area contributed by atoms with Crippen molar-refractivity contribution in [3.63, 3.8) is 0 Å². The van der Waals surface area contributed by atoms with Crippen LogP contribution in [0.15, 0.2) is 23.2 Å². The number of rotatable bonds is 4. The number of piperazine rings is 1. The second-order valence-corrected chi connectivity index (χ2v) is 5.35. The van der Waals surface area contributed by atoms with Crippen molar-refractivity contribution in [2.24, 2.45) is 16.5 Å². The number of nitrogens with two attached hydrogens (primary N) is 2. The number of aryl methyl sites for hydroxylation is 1. The summed E-state index contributed by atoms with van der Waals surface area (Å²) < 4.78 is 0. The molecule has 0 saturated carbocycles. The molecule has 1 aromatic carbocycles. The molecule has 0 unspecified atom stereocenters. The van der Waals surface area contributed by atoms with Gasteiger partial charge in [-0.1, -0.05) is 12.1 Å². The Morgan fingerprint density at radius 2 is 1.81 bits per heavy atom. The Morgan fingerprint density at radius 1 is 1.14 bits per heavy atom. The summed E-state index contributed by atoms with van der Waals surface area (Å²) in [5.74, 6) is 0.180. The predicted molar refractivity (Wildman–Crippen MR) is 101 cm³/mol. The lowest BCUT2D eigenvalue weighted by Crippen LogP contribution is -2.47. The molecule has 0 bridgehead atoms. The lowest BCUT2D eigenvalue weighted by molar-refractivity contribution is 0.265. The molecule has 1 aromatic rings. The summed E-state index contributed by atoms with van der Waals surface area (Å²) in [5.41, 5.74) is 14.8. The van der Waals surface area contributed by atoms with Gasteiger partial charge < -0.3 is 16.4 Å². The first-order chi connectivity index (χ1) is 9.58. The number of hydrogen-bond donors (Lipinski definition) is 2. The summed E-state index contributed by atoms with van der Waals surface area (Å²) in [6.07, 6.45) is 0. The van der Waals surface area contributed by atoms with Gasteiger partial charge in [-0.25, -0.2) is 0 Å². The summed E-state index contributed by atoms with van der Waals surface area (Å²) in [6, 6.07) is 6.53. The maximum Gasteiger partial charge on any atom is 0.185 e. The van der Waals surface area contributed by atoms with Gasteiger partial charge in [0.1, 0.15) is 0 Å². The van der Waals surface area contributed by atoms with Gasteiger partial charge in [0.15, 0.2) is 5.96 Å². The van der Waals surface area contributed by atoms with Gasteiger partial charge in [0.05, 0.1) is 6.54 Å². The van der Waals surface area contributed by atoms with Crippen molar-refractivity contribution in [2.75, 3.05) is 44.2 Å². The van der Waals surface area contributed by atoms with Gasteiger partial charge in [-0.15, -0.1) is 24.0 Å². The van der Waals surface area contributed by atoms with Crippen LogP contribution in [0.25, 0.3) is 0 Å². The van der Waals surface area contributed by atoms with Crippen LogP contribution in [0.5, 0.6) is 0 Å². The third-order valence-electron chi connectivity index (χ3n) is 4.00. The maximum absolute atomic E-state index is 5.34. The van der Waals surface area contributed by atoms with Crippen LogP contribution < -0.4 is 16.4 Å². The second-order valence-electron chi connectivity index (χ2n) is 5.35. The molecule has 6 heteroatoms. The van der Waals surface area contributed by atoms with Crippen molar-refractivity contribution in [1.82, 2.24) is 4.90 Å². The zero-order chi connectivity index (χ0) is 14.5. The monoisotopic (exact) mass is 403 g/mol. The highest BCUT2D eigenvalue weighted by Gasteiger charge is 2.18. The molecular weight excluding hydrogens is 377 g/mol. The Bertz CT molecular complexity index is 477. The highest BCUT2D eigenvalue weighted by molar-refractivity contribution is 14.0. The first kappa shape index (κ1) is 18.0. The molecule has 118 valence electrons. The Labute approximate surface area is 144 Å². The molecule has 1 heterocycles. The smallest absolute Gasteiger partial charge is 0.185 e. The molecule has 21 heavy (non-hydrogen) atoms. The molecule has 0 aromatic heterocycles. The topological polar surface area (TPSA) is 70.9 Å². The Morgan fingerprint density at radius 3 is 2.43 bits per heavy atom. The number of nitrogens with zero attached hydrogens (tertiary/aromatic N) is 3. The van der Waals surface area contributed by atoms with Crippen molar-refractivity contribution in [3.8, 4) is 0 Å². The standard InChI is InChI=1S/C15H25N5.HI/c1-12-4-3-5-14(13(12)2)20-10-8-19(9-11-20)7-6-18-15(16)17;/h3-5H,6-11H2,1-2H3,(H4,16,17,18);1H. The number of halogens is 1. The third kappa shape index (κ3) is 5.03. The molecule has 1 aliphatic heterocycles. The summed E-state index contributed by atoms with van der Waals surface area (Å²) >= 11 is 0. The predicted octanol–water partition coefficient (Wildman–Crippen LogP) is 1.32. The highest BCUT2D eigenvalue weighted by Crippen LogP contribution is 2.23. The van der Waals surface area contributed by atoms with E-state index in [1.165, 1.54) is 16.8 Å². The van der Waals surface area contributed by atoms with Crippen molar-refractivity contribution < 1.29 is 0 Å². The zero-order valence-corrected chi connectivity index (χ0v) is 15.2.